The third-order valence-electron chi connectivity index (χ3n) is 2.33. The monoisotopic (exact) mass is 185 g/mol. The third kappa shape index (κ3) is 1.93. The summed E-state index contributed by atoms with van der Waals surface area (Å²) in [5.41, 5.74) is 2.75. The van der Waals surface area contributed by atoms with Crippen molar-refractivity contribution in [2.75, 3.05) is 11.5 Å². The fourth-order valence-electron chi connectivity index (χ4n) is 1.41. The van der Waals surface area contributed by atoms with E-state index in [1.54, 1.807) is 0 Å². The van der Waals surface area contributed by atoms with Gasteiger partial charge in [0.15, 0.2) is 0 Å². The second kappa shape index (κ2) is 3.66. The maximum Gasteiger partial charge on any atom is 0.115 e. The minimum absolute atomic E-state index is 0.585. The van der Waals surface area contributed by atoms with Gasteiger partial charge in [0.1, 0.15) is 5.84 Å². The minimum Gasteiger partial charge on any atom is -0.312 e. The highest BCUT2D eigenvalue weighted by atomic mass is 32.2. The molecule has 1 unspecified atom stereocenters. The predicted molar refractivity (Wildman–Crippen MR) is 53.2 cm³/mol. The van der Waals surface area contributed by atoms with Crippen LogP contribution in [0.3, 0.4) is 0 Å². The van der Waals surface area contributed by atoms with Crippen LogP contribution in [-0.4, -0.2) is 23.4 Å². The average molecular weight is 185 g/mol. The van der Waals surface area contributed by atoms with Gasteiger partial charge < -0.3 is 5.43 Å². The van der Waals surface area contributed by atoms with E-state index in [4.69, 9.17) is 5.84 Å². The van der Waals surface area contributed by atoms with Crippen molar-refractivity contribution in [3.63, 3.8) is 0 Å². The Labute approximate surface area is 77.2 Å². The van der Waals surface area contributed by atoms with Crippen LogP contribution < -0.4 is 11.3 Å². The Morgan fingerprint density at radius 1 is 1.42 bits per heavy atom. The predicted octanol–water partition coefficient (Wildman–Crippen LogP) is 0.764. The number of hydrogen-bond acceptors (Lipinski definition) is 3. The number of aliphatic imine (C=N–C) groups is 1. The fraction of sp³-hybridized carbons (Fsp3) is 0.875. The molecule has 0 aromatic rings. The molecule has 0 aromatic heterocycles. The van der Waals surface area contributed by atoms with Crippen LogP contribution >= 0.6 is 11.8 Å². The Kier molecular flexibility index (Phi) is 2.56. The van der Waals surface area contributed by atoms with E-state index in [-0.39, 0.29) is 0 Å². The molecule has 1 saturated heterocycles. The molecule has 1 saturated carbocycles. The van der Waals surface area contributed by atoms with Crippen LogP contribution in [0.1, 0.15) is 19.3 Å². The van der Waals surface area contributed by atoms with Gasteiger partial charge in [0.25, 0.3) is 0 Å². The minimum atomic E-state index is 0.585. The Hall–Kier alpha value is -0.220. The van der Waals surface area contributed by atoms with Gasteiger partial charge in [-0.2, -0.15) is 11.8 Å². The normalized spacial score (nSPS) is 30.8. The first-order valence-corrected chi connectivity index (χ1v) is 5.67. The van der Waals surface area contributed by atoms with Gasteiger partial charge >= 0.3 is 0 Å². The van der Waals surface area contributed by atoms with Crippen LogP contribution in [0.25, 0.3) is 0 Å². The van der Waals surface area contributed by atoms with Crippen molar-refractivity contribution >= 4 is 17.6 Å². The van der Waals surface area contributed by atoms with Crippen molar-refractivity contribution in [1.82, 2.24) is 5.43 Å². The average Bonchev–Trinajstić information content (AvgIpc) is 2.74. The topological polar surface area (TPSA) is 50.4 Å². The molecular weight excluding hydrogens is 170 g/mol. The summed E-state index contributed by atoms with van der Waals surface area (Å²) in [4.78, 5) is 4.56. The molecule has 2 fully saturated rings. The molecular formula is C8H15N3S. The van der Waals surface area contributed by atoms with Crippen molar-refractivity contribution in [2.24, 2.45) is 16.8 Å². The molecule has 0 amide bonds. The van der Waals surface area contributed by atoms with Gasteiger partial charge in [-0.1, -0.05) is 0 Å². The number of hydrazine groups is 1. The molecule has 1 aliphatic heterocycles. The number of amidine groups is 1. The van der Waals surface area contributed by atoms with Crippen molar-refractivity contribution in [1.29, 1.82) is 0 Å². The molecule has 68 valence electrons. The molecule has 2 aliphatic rings. The molecule has 1 aliphatic carbocycles. The van der Waals surface area contributed by atoms with E-state index in [9.17, 15) is 0 Å². The maximum absolute atomic E-state index is 5.44. The summed E-state index contributed by atoms with van der Waals surface area (Å²) in [6.07, 6.45) is 3.75. The molecule has 2 rings (SSSR count). The highest BCUT2D eigenvalue weighted by molar-refractivity contribution is 7.99. The van der Waals surface area contributed by atoms with E-state index in [1.165, 1.54) is 30.8 Å². The zero-order valence-electron chi connectivity index (χ0n) is 7.12. The van der Waals surface area contributed by atoms with Gasteiger partial charge in [0.2, 0.25) is 0 Å². The molecule has 1 atom stereocenters. The van der Waals surface area contributed by atoms with Crippen LogP contribution in [0.15, 0.2) is 4.99 Å². The van der Waals surface area contributed by atoms with Crippen LogP contribution in [0.4, 0.5) is 0 Å². The maximum atomic E-state index is 5.44. The molecule has 0 spiro atoms. The number of thioether (sulfide) groups is 1. The zero-order chi connectivity index (χ0) is 8.39. The summed E-state index contributed by atoms with van der Waals surface area (Å²) < 4.78 is 0. The standard InChI is InChI=1S/C8H15N3S/c9-11-8(10-7-1-2-7)6-3-4-12-5-6/h6-7H,1-5,9H2,(H,10,11). The van der Waals surface area contributed by atoms with Crippen LogP contribution in [0.2, 0.25) is 0 Å². The first-order valence-electron chi connectivity index (χ1n) is 4.52. The van der Waals surface area contributed by atoms with Crippen molar-refractivity contribution in [3.05, 3.63) is 0 Å². The Morgan fingerprint density at radius 3 is 2.75 bits per heavy atom. The molecule has 0 aromatic carbocycles. The van der Waals surface area contributed by atoms with E-state index < -0.39 is 0 Å². The second-order valence-corrected chi connectivity index (χ2v) is 4.60. The molecule has 4 heteroatoms. The molecule has 3 N–H and O–H groups in total. The van der Waals surface area contributed by atoms with Gasteiger partial charge in [0, 0.05) is 11.7 Å². The van der Waals surface area contributed by atoms with Gasteiger partial charge in [-0.3, -0.25) is 4.99 Å². The number of hydrogen-bond donors (Lipinski definition) is 2. The highest BCUT2D eigenvalue weighted by Gasteiger charge is 2.25. The van der Waals surface area contributed by atoms with Crippen LogP contribution in [-0.2, 0) is 0 Å². The first kappa shape index (κ1) is 8.38. The van der Waals surface area contributed by atoms with Gasteiger partial charge in [0.05, 0.1) is 6.04 Å². The van der Waals surface area contributed by atoms with E-state index in [2.05, 4.69) is 10.4 Å². The summed E-state index contributed by atoms with van der Waals surface area (Å²) in [6.45, 7) is 0. The van der Waals surface area contributed by atoms with E-state index in [1.807, 2.05) is 11.8 Å². The largest absolute Gasteiger partial charge is 0.312 e. The Balaban J connectivity index is 1.95. The second-order valence-electron chi connectivity index (χ2n) is 3.45. The van der Waals surface area contributed by atoms with Crippen molar-refractivity contribution in [3.8, 4) is 0 Å². The van der Waals surface area contributed by atoms with Crippen LogP contribution in [0, 0.1) is 5.92 Å². The molecule has 1 heterocycles. The first-order chi connectivity index (χ1) is 5.90. The lowest BCUT2D eigenvalue weighted by atomic mass is 10.1. The molecule has 0 radical (unpaired) electrons. The van der Waals surface area contributed by atoms with E-state index in [0.29, 0.717) is 12.0 Å². The quantitative estimate of drug-likeness (QED) is 0.289. The Bertz CT molecular complexity index is 183. The summed E-state index contributed by atoms with van der Waals surface area (Å²) in [6, 6.07) is 0.585. The highest BCUT2D eigenvalue weighted by Crippen LogP contribution is 2.28. The van der Waals surface area contributed by atoms with E-state index >= 15 is 0 Å². The number of nitrogens with zero attached hydrogens (tertiary/aromatic N) is 1. The number of nitrogens with two attached hydrogens (primary N) is 1. The lowest BCUT2D eigenvalue weighted by molar-refractivity contribution is 0.738. The third-order valence-corrected chi connectivity index (χ3v) is 3.50. The van der Waals surface area contributed by atoms with E-state index in [0.717, 1.165) is 5.84 Å². The molecule has 3 nitrogen and oxygen atoms in total. The van der Waals surface area contributed by atoms with Crippen LogP contribution in [0.5, 0.6) is 0 Å². The zero-order valence-corrected chi connectivity index (χ0v) is 7.94. The SMILES string of the molecule is NNC(=NC1CC1)C1CCSC1. The van der Waals surface area contributed by atoms with Crippen molar-refractivity contribution < 1.29 is 0 Å². The van der Waals surface area contributed by atoms with Crippen molar-refractivity contribution in [2.45, 2.75) is 25.3 Å². The number of rotatable bonds is 2. The summed E-state index contributed by atoms with van der Waals surface area (Å²) in [5.74, 6) is 9.53. The smallest absolute Gasteiger partial charge is 0.115 e. The lowest BCUT2D eigenvalue weighted by Gasteiger charge is -2.11. The Morgan fingerprint density at radius 2 is 2.25 bits per heavy atom. The number of nitrogens with one attached hydrogen (secondary N) is 1. The molecule has 12 heavy (non-hydrogen) atoms. The summed E-state index contributed by atoms with van der Waals surface area (Å²) in [7, 11) is 0. The van der Waals surface area contributed by atoms with Gasteiger partial charge in [-0.15, -0.1) is 0 Å². The lowest BCUT2D eigenvalue weighted by Crippen LogP contribution is -2.36. The van der Waals surface area contributed by atoms with Gasteiger partial charge in [-0.25, -0.2) is 5.84 Å². The fourth-order valence-corrected chi connectivity index (χ4v) is 2.64. The molecule has 0 bridgehead atoms. The summed E-state index contributed by atoms with van der Waals surface area (Å²) >= 11 is 2.00. The summed E-state index contributed by atoms with van der Waals surface area (Å²) in [5, 5.41) is 0. The van der Waals surface area contributed by atoms with Gasteiger partial charge in [-0.05, 0) is 25.0 Å².